The first-order valence-electron chi connectivity index (χ1n) is 8.76. The summed E-state index contributed by atoms with van der Waals surface area (Å²) in [6, 6.07) is 4.69. The van der Waals surface area contributed by atoms with E-state index in [-0.39, 0.29) is 18.2 Å². The Labute approximate surface area is 170 Å². The second-order valence-corrected chi connectivity index (χ2v) is 7.38. The fourth-order valence-corrected chi connectivity index (χ4v) is 3.43. The van der Waals surface area contributed by atoms with Gasteiger partial charge in [-0.25, -0.2) is 13.8 Å². The summed E-state index contributed by atoms with van der Waals surface area (Å²) in [6.07, 6.45) is 1.45. The molecule has 1 N–H and O–H groups in total. The van der Waals surface area contributed by atoms with Gasteiger partial charge >= 0.3 is 0 Å². The van der Waals surface area contributed by atoms with Crippen molar-refractivity contribution in [1.29, 1.82) is 0 Å². The molecule has 1 aromatic carbocycles. The molecule has 0 saturated heterocycles. The maximum atomic E-state index is 13.5. The van der Waals surface area contributed by atoms with E-state index in [4.69, 9.17) is 4.42 Å². The summed E-state index contributed by atoms with van der Waals surface area (Å²) in [5.41, 5.74) is 1.41. The van der Waals surface area contributed by atoms with Gasteiger partial charge in [0, 0.05) is 12.4 Å². The average Bonchev–Trinajstić information content (AvgIpc) is 3.31. The van der Waals surface area contributed by atoms with Crippen LogP contribution in [0.25, 0.3) is 0 Å². The van der Waals surface area contributed by atoms with Crippen LogP contribution in [0, 0.1) is 18.6 Å². The number of likely N-dealkylation sites (N-methyl/N-ethyl adjacent to an activating group) is 1. The molecule has 9 heteroatoms. The predicted octanol–water partition coefficient (Wildman–Crippen LogP) is 4.34. The molecule has 2 amide bonds. The molecule has 0 saturated carbocycles. The Bertz CT molecular complexity index is 1050. The zero-order chi connectivity index (χ0) is 21.1. The molecule has 0 fully saturated rings. The molecule has 152 valence electrons. The van der Waals surface area contributed by atoms with Crippen LogP contribution in [0.4, 0.5) is 13.9 Å². The number of aryl methyl sites for hydroxylation is 1. The van der Waals surface area contributed by atoms with Crippen molar-refractivity contribution in [2.45, 2.75) is 26.3 Å². The Morgan fingerprint density at radius 2 is 2.03 bits per heavy atom. The summed E-state index contributed by atoms with van der Waals surface area (Å²) in [5.74, 6) is -1.97. The zero-order valence-electron chi connectivity index (χ0n) is 16.0. The number of anilines is 1. The number of hydrogen-bond donors (Lipinski definition) is 1. The van der Waals surface area contributed by atoms with Gasteiger partial charge in [-0.05, 0) is 37.6 Å². The Hall–Kier alpha value is -3.07. The van der Waals surface area contributed by atoms with Gasteiger partial charge in [0.15, 0.2) is 16.8 Å². The molecule has 0 spiro atoms. The van der Waals surface area contributed by atoms with Crippen LogP contribution in [-0.4, -0.2) is 28.7 Å². The third-order valence-corrected chi connectivity index (χ3v) is 5.41. The molecule has 0 bridgehead atoms. The summed E-state index contributed by atoms with van der Waals surface area (Å²) >= 11 is 1.21. The van der Waals surface area contributed by atoms with Crippen molar-refractivity contribution < 1.29 is 22.8 Å². The minimum atomic E-state index is -0.956. The van der Waals surface area contributed by atoms with E-state index in [1.807, 2.05) is 0 Å². The van der Waals surface area contributed by atoms with Gasteiger partial charge in [0.2, 0.25) is 5.91 Å². The smallest absolute Gasteiger partial charge is 0.260 e. The number of rotatable bonds is 6. The first-order chi connectivity index (χ1) is 13.8. The number of halogens is 2. The molecule has 0 radical (unpaired) electrons. The average molecular weight is 419 g/mol. The Balaban J connectivity index is 1.62. The van der Waals surface area contributed by atoms with Crippen LogP contribution in [0.15, 0.2) is 40.3 Å². The second-order valence-electron chi connectivity index (χ2n) is 6.52. The number of aromatic nitrogens is 1. The molecule has 1 unspecified atom stereocenters. The number of carbonyl (C=O) groups is 2. The molecule has 29 heavy (non-hydrogen) atoms. The maximum absolute atomic E-state index is 13.5. The number of benzene rings is 1. The highest BCUT2D eigenvalue weighted by Gasteiger charge is 2.20. The van der Waals surface area contributed by atoms with E-state index in [9.17, 15) is 18.4 Å². The molecule has 0 aliphatic carbocycles. The quantitative estimate of drug-likeness (QED) is 0.645. The highest BCUT2D eigenvalue weighted by Crippen LogP contribution is 2.23. The molecule has 3 rings (SSSR count). The minimum absolute atomic E-state index is 0.0155. The number of amides is 2. The fraction of sp³-hybridized carbons (Fsp3) is 0.250. The minimum Gasteiger partial charge on any atom is -0.469 e. The maximum Gasteiger partial charge on any atom is 0.260 e. The highest BCUT2D eigenvalue weighted by atomic mass is 32.1. The summed E-state index contributed by atoms with van der Waals surface area (Å²) < 4.78 is 31.7. The van der Waals surface area contributed by atoms with E-state index < -0.39 is 17.7 Å². The normalized spacial score (nSPS) is 11.9. The highest BCUT2D eigenvalue weighted by molar-refractivity contribution is 7.14. The summed E-state index contributed by atoms with van der Waals surface area (Å²) in [4.78, 5) is 30.5. The Kier molecular flexibility index (Phi) is 6.07. The van der Waals surface area contributed by atoms with E-state index in [2.05, 4.69) is 10.3 Å². The zero-order valence-corrected chi connectivity index (χ0v) is 16.8. The standard InChI is InChI=1S/C20H19F2N3O3S/c1-11(13-4-5-16(21)17(22)8-13)25(3)18(26)9-14-10-29-20(23-14)24-19(27)15-6-7-28-12(15)2/h4-8,10-11H,9H2,1-3H3,(H,23,24,27). The van der Waals surface area contributed by atoms with Crippen LogP contribution in [0.2, 0.25) is 0 Å². The second kappa shape index (κ2) is 8.52. The van der Waals surface area contributed by atoms with Crippen molar-refractivity contribution in [3.05, 3.63) is 70.1 Å². The van der Waals surface area contributed by atoms with Crippen molar-refractivity contribution in [3.63, 3.8) is 0 Å². The molecule has 0 aliphatic heterocycles. The van der Waals surface area contributed by atoms with E-state index in [0.29, 0.717) is 27.7 Å². The monoisotopic (exact) mass is 419 g/mol. The number of thiazole rings is 1. The van der Waals surface area contributed by atoms with Crippen LogP contribution >= 0.6 is 11.3 Å². The molecule has 2 aromatic heterocycles. The summed E-state index contributed by atoms with van der Waals surface area (Å²) in [6.45, 7) is 3.41. The van der Waals surface area contributed by atoms with Gasteiger partial charge in [0.05, 0.1) is 30.0 Å². The molecule has 6 nitrogen and oxygen atoms in total. The third-order valence-electron chi connectivity index (χ3n) is 4.61. The molecular weight excluding hydrogens is 400 g/mol. The van der Waals surface area contributed by atoms with Crippen LogP contribution in [0.1, 0.15) is 40.3 Å². The van der Waals surface area contributed by atoms with Crippen LogP contribution in [0.3, 0.4) is 0 Å². The third kappa shape index (κ3) is 4.68. The lowest BCUT2D eigenvalue weighted by molar-refractivity contribution is -0.131. The van der Waals surface area contributed by atoms with Gasteiger partial charge in [-0.2, -0.15) is 0 Å². The summed E-state index contributed by atoms with van der Waals surface area (Å²) in [7, 11) is 1.59. The van der Waals surface area contributed by atoms with E-state index in [1.54, 1.807) is 32.3 Å². The van der Waals surface area contributed by atoms with Crippen molar-refractivity contribution in [3.8, 4) is 0 Å². The van der Waals surface area contributed by atoms with Gasteiger partial charge in [0.25, 0.3) is 5.91 Å². The van der Waals surface area contributed by atoms with Crippen molar-refractivity contribution in [1.82, 2.24) is 9.88 Å². The largest absolute Gasteiger partial charge is 0.469 e. The molecule has 2 heterocycles. The lowest BCUT2D eigenvalue weighted by atomic mass is 10.1. The van der Waals surface area contributed by atoms with Gasteiger partial charge in [-0.15, -0.1) is 11.3 Å². The van der Waals surface area contributed by atoms with Crippen LogP contribution in [-0.2, 0) is 11.2 Å². The van der Waals surface area contributed by atoms with Crippen molar-refractivity contribution in [2.24, 2.45) is 0 Å². The molecule has 3 aromatic rings. The molecular formula is C20H19F2N3O3S. The van der Waals surface area contributed by atoms with E-state index >= 15 is 0 Å². The first kappa shape index (κ1) is 20.7. The van der Waals surface area contributed by atoms with Gasteiger partial charge in [0.1, 0.15) is 5.76 Å². The lowest BCUT2D eigenvalue weighted by Gasteiger charge is -2.25. The first-order valence-corrected chi connectivity index (χ1v) is 9.64. The van der Waals surface area contributed by atoms with E-state index in [0.717, 1.165) is 12.1 Å². The number of carbonyl (C=O) groups excluding carboxylic acids is 2. The summed E-state index contributed by atoms with van der Waals surface area (Å²) in [5, 5.41) is 4.73. The number of nitrogens with zero attached hydrogens (tertiary/aromatic N) is 2. The Morgan fingerprint density at radius 3 is 2.69 bits per heavy atom. The van der Waals surface area contributed by atoms with Gasteiger partial charge in [-0.1, -0.05) is 6.07 Å². The SMILES string of the molecule is Cc1occc1C(=O)Nc1nc(CC(=O)N(C)C(C)c2ccc(F)c(F)c2)cs1. The molecule has 1 atom stereocenters. The van der Waals surface area contributed by atoms with Crippen molar-refractivity contribution >= 4 is 28.3 Å². The van der Waals surface area contributed by atoms with Gasteiger partial charge < -0.3 is 9.32 Å². The lowest BCUT2D eigenvalue weighted by Crippen LogP contribution is -2.31. The number of furan rings is 1. The predicted molar refractivity (Wildman–Crippen MR) is 105 cm³/mol. The van der Waals surface area contributed by atoms with Crippen molar-refractivity contribution in [2.75, 3.05) is 12.4 Å². The topological polar surface area (TPSA) is 75.4 Å². The van der Waals surface area contributed by atoms with Gasteiger partial charge in [-0.3, -0.25) is 14.9 Å². The fourth-order valence-electron chi connectivity index (χ4n) is 2.72. The number of hydrogen-bond acceptors (Lipinski definition) is 5. The molecule has 0 aliphatic rings. The Morgan fingerprint density at radius 1 is 1.28 bits per heavy atom. The van der Waals surface area contributed by atoms with Crippen LogP contribution < -0.4 is 5.32 Å². The number of nitrogens with one attached hydrogen (secondary N) is 1. The van der Waals surface area contributed by atoms with Crippen LogP contribution in [0.5, 0.6) is 0 Å². The van der Waals surface area contributed by atoms with E-state index in [1.165, 1.54) is 28.6 Å².